The smallest absolute Gasteiger partial charge is 0.221 e. The average molecular weight is 238 g/mol. The summed E-state index contributed by atoms with van der Waals surface area (Å²) in [6.07, 6.45) is -5.37. The van der Waals surface area contributed by atoms with E-state index in [9.17, 15) is 20.4 Å². The monoisotopic (exact) mass is 238 g/mol. The standard InChI is InChI=1S/C9H18O7/c1-2-3-15-8-6(11)7(12)9(13,14)5(4-10)16-8/h5-8,10-14H,2-4H2,1H3/t5?,6?,7-,8-/m1/s1. The third kappa shape index (κ3) is 2.51. The molecule has 1 saturated heterocycles. The minimum atomic E-state index is -2.69. The van der Waals surface area contributed by atoms with E-state index in [4.69, 9.17) is 14.6 Å². The molecule has 2 unspecified atom stereocenters. The van der Waals surface area contributed by atoms with Crippen LogP contribution in [0.3, 0.4) is 0 Å². The highest BCUT2D eigenvalue weighted by atomic mass is 16.7. The first-order valence-electron chi connectivity index (χ1n) is 5.13. The van der Waals surface area contributed by atoms with Crippen LogP contribution in [0.15, 0.2) is 0 Å². The molecule has 1 aliphatic heterocycles. The SMILES string of the molecule is CCCO[C@@H]1OC(CO)C(O)(O)[C@H](O)C1O. The minimum absolute atomic E-state index is 0.288. The summed E-state index contributed by atoms with van der Waals surface area (Å²) in [4.78, 5) is 0. The van der Waals surface area contributed by atoms with E-state index in [1.165, 1.54) is 0 Å². The molecule has 16 heavy (non-hydrogen) atoms. The number of ether oxygens (including phenoxy) is 2. The molecule has 7 heteroatoms. The highest BCUT2D eigenvalue weighted by Gasteiger charge is 2.54. The molecular formula is C9H18O7. The molecular weight excluding hydrogens is 220 g/mol. The lowest BCUT2D eigenvalue weighted by atomic mass is 9.95. The Kier molecular flexibility index (Phi) is 4.62. The van der Waals surface area contributed by atoms with Crippen LogP contribution in [0.1, 0.15) is 13.3 Å². The fourth-order valence-electron chi connectivity index (χ4n) is 1.48. The molecule has 0 spiro atoms. The van der Waals surface area contributed by atoms with Crippen molar-refractivity contribution >= 4 is 0 Å². The summed E-state index contributed by atoms with van der Waals surface area (Å²) in [5.74, 6) is -2.69. The summed E-state index contributed by atoms with van der Waals surface area (Å²) >= 11 is 0. The van der Waals surface area contributed by atoms with Gasteiger partial charge in [0.1, 0.15) is 18.3 Å². The van der Waals surface area contributed by atoms with E-state index in [2.05, 4.69) is 0 Å². The van der Waals surface area contributed by atoms with Crippen molar-refractivity contribution in [2.24, 2.45) is 0 Å². The molecule has 7 nitrogen and oxygen atoms in total. The van der Waals surface area contributed by atoms with Crippen molar-refractivity contribution in [3.8, 4) is 0 Å². The normalized spacial score (nSPS) is 38.6. The molecule has 0 aromatic carbocycles. The van der Waals surface area contributed by atoms with Gasteiger partial charge in [-0.15, -0.1) is 0 Å². The Morgan fingerprint density at radius 3 is 2.44 bits per heavy atom. The molecule has 0 saturated carbocycles. The van der Waals surface area contributed by atoms with E-state index in [1.54, 1.807) is 0 Å². The van der Waals surface area contributed by atoms with Crippen LogP contribution >= 0.6 is 0 Å². The van der Waals surface area contributed by atoms with Crippen molar-refractivity contribution in [3.63, 3.8) is 0 Å². The maximum absolute atomic E-state index is 9.51. The van der Waals surface area contributed by atoms with Crippen molar-refractivity contribution in [1.82, 2.24) is 0 Å². The molecule has 1 heterocycles. The molecule has 0 aliphatic carbocycles. The zero-order chi connectivity index (χ0) is 12.3. The second kappa shape index (κ2) is 5.37. The summed E-state index contributed by atoms with van der Waals surface area (Å²) in [7, 11) is 0. The van der Waals surface area contributed by atoms with Gasteiger partial charge < -0.3 is 35.0 Å². The van der Waals surface area contributed by atoms with Crippen LogP contribution in [-0.2, 0) is 9.47 Å². The van der Waals surface area contributed by atoms with E-state index in [0.29, 0.717) is 6.42 Å². The van der Waals surface area contributed by atoms with E-state index in [0.717, 1.165) is 0 Å². The van der Waals surface area contributed by atoms with Gasteiger partial charge in [-0.3, -0.25) is 0 Å². The van der Waals surface area contributed by atoms with Gasteiger partial charge in [0.25, 0.3) is 0 Å². The predicted molar refractivity (Wildman–Crippen MR) is 51.2 cm³/mol. The summed E-state index contributed by atoms with van der Waals surface area (Å²) in [6, 6.07) is 0. The largest absolute Gasteiger partial charge is 0.393 e. The number of aliphatic hydroxyl groups is 5. The van der Waals surface area contributed by atoms with Gasteiger partial charge >= 0.3 is 0 Å². The lowest BCUT2D eigenvalue weighted by Crippen LogP contribution is -2.67. The maximum Gasteiger partial charge on any atom is 0.221 e. The molecule has 96 valence electrons. The van der Waals surface area contributed by atoms with Crippen molar-refractivity contribution in [3.05, 3.63) is 0 Å². The third-order valence-electron chi connectivity index (χ3n) is 2.46. The van der Waals surface area contributed by atoms with Crippen LogP contribution in [0.25, 0.3) is 0 Å². The van der Waals surface area contributed by atoms with Gasteiger partial charge in [0.2, 0.25) is 5.79 Å². The molecule has 1 aliphatic rings. The van der Waals surface area contributed by atoms with Crippen LogP contribution in [0.4, 0.5) is 0 Å². The molecule has 5 N–H and O–H groups in total. The first-order chi connectivity index (χ1) is 7.45. The fourth-order valence-corrected chi connectivity index (χ4v) is 1.48. The quantitative estimate of drug-likeness (QED) is 0.344. The highest BCUT2D eigenvalue weighted by molar-refractivity contribution is 4.94. The van der Waals surface area contributed by atoms with E-state index in [-0.39, 0.29) is 6.61 Å². The molecule has 0 aromatic rings. The molecule has 4 atom stereocenters. The molecule has 0 bridgehead atoms. The van der Waals surface area contributed by atoms with Crippen LogP contribution in [0.5, 0.6) is 0 Å². The fraction of sp³-hybridized carbons (Fsp3) is 1.00. The van der Waals surface area contributed by atoms with Crippen molar-refractivity contribution in [2.75, 3.05) is 13.2 Å². The summed E-state index contributed by atoms with van der Waals surface area (Å²) in [5.41, 5.74) is 0. The molecule has 0 aromatic heterocycles. The van der Waals surface area contributed by atoms with Crippen molar-refractivity contribution < 1.29 is 35.0 Å². The number of hydrogen-bond donors (Lipinski definition) is 5. The maximum atomic E-state index is 9.51. The van der Waals surface area contributed by atoms with Crippen LogP contribution < -0.4 is 0 Å². The third-order valence-corrected chi connectivity index (χ3v) is 2.46. The number of hydrogen-bond acceptors (Lipinski definition) is 7. The molecule has 1 rings (SSSR count). The van der Waals surface area contributed by atoms with E-state index in [1.807, 2.05) is 6.92 Å². The Morgan fingerprint density at radius 1 is 1.31 bits per heavy atom. The Morgan fingerprint density at radius 2 is 1.94 bits per heavy atom. The van der Waals surface area contributed by atoms with Gasteiger partial charge in [0.05, 0.1) is 6.61 Å². The minimum Gasteiger partial charge on any atom is -0.393 e. The van der Waals surface area contributed by atoms with E-state index < -0.39 is 37.0 Å². The second-order valence-electron chi connectivity index (χ2n) is 3.76. The highest BCUT2D eigenvalue weighted by Crippen LogP contribution is 2.28. The van der Waals surface area contributed by atoms with Gasteiger partial charge in [-0.25, -0.2) is 0 Å². The molecule has 0 radical (unpaired) electrons. The van der Waals surface area contributed by atoms with Crippen LogP contribution in [0, 0.1) is 0 Å². The lowest BCUT2D eigenvalue weighted by molar-refractivity contribution is -0.386. The van der Waals surface area contributed by atoms with Crippen molar-refractivity contribution in [1.29, 1.82) is 0 Å². The van der Waals surface area contributed by atoms with Gasteiger partial charge in [-0.2, -0.15) is 0 Å². The summed E-state index contributed by atoms with van der Waals surface area (Å²) in [6.45, 7) is 1.43. The Bertz CT molecular complexity index is 216. The summed E-state index contributed by atoms with van der Waals surface area (Å²) < 4.78 is 10.0. The molecule has 1 fully saturated rings. The zero-order valence-electron chi connectivity index (χ0n) is 8.98. The Hall–Kier alpha value is -0.280. The first-order valence-corrected chi connectivity index (χ1v) is 5.13. The van der Waals surface area contributed by atoms with Gasteiger partial charge in [-0.05, 0) is 6.42 Å². The zero-order valence-corrected chi connectivity index (χ0v) is 8.98. The van der Waals surface area contributed by atoms with E-state index >= 15 is 0 Å². The topological polar surface area (TPSA) is 120 Å². The average Bonchev–Trinajstić information content (AvgIpc) is 2.25. The second-order valence-corrected chi connectivity index (χ2v) is 3.76. The van der Waals surface area contributed by atoms with Crippen molar-refractivity contribution in [2.45, 2.75) is 43.7 Å². The number of rotatable bonds is 4. The van der Waals surface area contributed by atoms with Crippen LogP contribution in [0.2, 0.25) is 0 Å². The van der Waals surface area contributed by atoms with Gasteiger partial charge in [0.15, 0.2) is 6.29 Å². The first kappa shape index (κ1) is 13.8. The predicted octanol–water partition coefficient (Wildman–Crippen LogP) is -2.47. The van der Waals surface area contributed by atoms with Gasteiger partial charge in [0, 0.05) is 6.61 Å². The summed E-state index contributed by atoms with van der Waals surface area (Å²) in [5, 5.41) is 46.7. The lowest BCUT2D eigenvalue weighted by Gasteiger charge is -2.44. The van der Waals surface area contributed by atoms with Gasteiger partial charge in [-0.1, -0.05) is 6.92 Å². The van der Waals surface area contributed by atoms with Crippen LogP contribution in [-0.4, -0.2) is 69.1 Å². The Labute approximate surface area is 92.9 Å². The Balaban J connectivity index is 2.71. The number of aliphatic hydroxyl groups excluding tert-OH is 3. The molecule has 0 amide bonds.